The van der Waals surface area contributed by atoms with E-state index in [4.69, 9.17) is 9.47 Å². The number of amides is 1. The second-order valence-electron chi connectivity index (χ2n) is 8.99. The zero-order chi connectivity index (χ0) is 22.4. The second-order valence-corrected chi connectivity index (χ2v) is 8.99. The van der Waals surface area contributed by atoms with Crippen LogP contribution in [0.15, 0.2) is 30.3 Å². The van der Waals surface area contributed by atoms with E-state index in [9.17, 15) is 4.79 Å². The van der Waals surface area contributed by atoms with E-state index in [0.29, 0.717) is 25.6 Å². The molecule has 1 aromatic carbocycles. The van der Waals surface area contributed by atoms with Gasteiger partial charge in [-0.2, -0.15) is 5.10 Å². The van der Waals surface area contributed by atoms with Crippen LogP contribution in [0.3, 0.4) is 0 Å². The minimum Gasteiger partial charge on any atom is -0.493 e. The highest BCUT2D eigenvalue weighted by atomic mass is 16.6. The Hall–Kier alpha value is -2.54. The van der Waals surface area contributed by atoms with Crippen molar-refractivity contribution in [3.63, 3.8) is 0 Å². The van der Waals surface area contributed by atoms with Crippen molar-refractivity contribution >= 4 is 6.09 Å². The maximum absolute atomic E-state index is 13.1. The van der Waals surface area contributed by atoms with Crippen molar-refractivity contribution in [3.8, 4) is 5.75 Å². The standard InChI is InChI=1S/C24H36N4O3/c1-18(2)17-30-22-8-6-20(7-9-22)15-28(16-21-14-19(3)27(5)25-21)24(29)31-23-10-12-26(4)13-11-23/h6-9,14,18,23H,10-13,15-17H2,1-5H3. The van der Waals surface area contributed by atoms with Crippen LogP contribution < -0.4 is 4.74 Å². The van der Waals surface area contributed by atoms with Gasteiger partial charge < -0.3 is 14.4 Å². The van der Waals surface area contributed by atoms with Crippen molar-refractivity contribution in [2.45, 2.75) is 52.8 Å². The molecule has 1 fully saturated rings. The quantitative estimate of drug-likeness (QED) is 0.636. The average molecular weight is 429 g/mol. The number of aromatic nitrogens is 2. The molecule has 0 saturated carbocycles. The topological polar surface area (TPSA) is 59.8 Å². The number of likely N-dealkylation sites (tertiary alicyclic amines) is 1. The molecule has 1 aliphatic rings. The summed E-state index contributed by atoms with van der Waals surface area (Å²) >= 11 is 0. The number of aryl methyl sites for hydroxylation is 2. The minimum absolute atomic E-state index is 0.0246. The van der Waals surface area contributed by atoms with Gasteiger partial charge in [-0.3, -0.25) is 9.58 Å². The van der Waals surface area contributed by atoms with Crippen LogP contribution in [0.1, 0.15) is 43.6 Å². The van der Waals surface area contributed by atoms with E-state index >= 15 is 0 Å². The monoisotopic (exact) mass is 428 g/mol. The predicted molar refractivity (Wildman–Crippen MR) is 121 cm³/mol. The molecule has 0 N–H and O–H groups in total. The molecule has 0 unspecified atom stereocenters. The summed E-state index contributed by atoms with van der Waals surface area (Å²) in [6.45, 7) is 9.73. The number of nitrogens with zero attached hydrogens (tertiary/aromatic N) is 4. The van der Waals surface area contributed by atoms with E-state index in [1.807, 2.05) is 49.0 Å². The molecule has 0 aliphatic carbocycles. The van der Waals surface area contributed by atoms with Gasteiger partial charge in [0.25, 0.3) is 0 Å². The summed E-state index contributed by atoms with van der Waals surface area (Å²) in [6, 6.07) is 9.95. The first-order valence-electron chi connectivity index (χ1n) is 11.2. The fourth-order valence-electron chi connectivity index (χ4n) is 3.59. The Morgan fingerprint density at radius 1 is 1.16 bits per heavy atom. The van der Waals surface area contributed by atoms with E-state index in [1.165, 1.54) is 0 Å². The molecule has 31 heavy (non-hydrogen) atoms. The van der Waals surface area contributed by atoms with Gasteiger partial charge in [0.1, 0.15) is 11.9 Å². The molecule has 7 heteroatoms. The summed E-state index contributed by atoms with van der Waals surface area (Å²) in [6.07, 6.45) is 1.45. The zero-order valence-corrected chi connectivity index (χ0v) is 19.5. The molecule has 0 spiro atoms. The number of piperidine rings is 1. The first kappa shape index (κ1) is 23.1. The van der Waals surface area contributed by atoms with E-state index in [-0.39, 0.29) is 12.2 Å². The highest BCUT2D eigenvalue weighted by molar-refractivity contribution is 5.68. The van der Waals surface area contributed by atoms with Crippen LogP contribution in [0, 0.1) is 12.8 Å². The molecule has 2 aromatic rings. The van der Waals surface area contributed by atoms with Crippen LogP contribution in [0.5, 0.6) is 5.75 Å². The van der Waals surface area contributed by atoms with E-state index in [2.05, 4.69) is 30.9 Å². The number of rotatable bonds is 8. The molecule has 1 saturated heterocycles. The summed E-state index contributed by atoms with van der Waals surface area (Å²) in [5.41, 5.74) is 2.95. The molecule has 0 radical (unpaired) electrons. The molecule has 3 rings (SSSR count). The van der Waals surface area contributed by atoms with Gasteiger partial charge >= 0.3 is 6.09 Å². The van der Waals surface area contributed by atoms with Gasteiger partial charge in [0, 0.05) is 32.4 Å². The summed E-state index contributed by atoms with van der Waals surface area (Å²) in [4.78, 5) is 17.1. The lowest BCUT2D eigenvalue weighted by molar-refractivity contribution is 0.0296. The lowest BCUT2D eigenvalue weighted by Gasteiger charge is -2.30. The molecule has 1 aromatic heterocycles. The molecular weight excluding hydrogens is 392 g/mol. The maximum atomic E-state index is 13.1. The summed E-state index contributed by atoms with van der Waals surface area (Å²) < 4.78 is 13.5. The van der Waals surface area contributed by atoms with Crippen molar-refractivity contribution in [2.24, 2.45) is 13.0 Å². The Morgan fingerprint density at radius 2 is 1.84 bits per heavy atom. The Balaban J connectivity index is 1.68. The van der Waals surface area contributed by atoms with Gasteiger partial charge in [0.15, 0.2) is 0 Å². The third kappa shape index (κ3) is 6.99. The number of hydrogen-bond acceptors (Lipinski definition) is 5. The first-order chi connectivity index (χ1) is 14.8. The molecule has 2 heterocycles. The molecule has 7 nitrogen and oxygen atoms in total. The largest absolute Gasteiger partial charge is 0.493 e. The third-order valence-corrected chi connectivity index (χ3v) is 5.59. The fourth-order valence-corrected chi connectivity index (χ4v) is 3.59. The normalized spacial score (nSPS) is 15.3. The van der Waals surface area contributed by atoms with Crippen molar-refractivity contribution in [3.05, 3.63) is 47.3 Å². The minimum atomic E-state index is -0.280. The number of carbonyl (C=O) groups excluding carboxylic acids is 1. The summed E-state index contributed by atoms with van der Waals surface area (Å²) in [7, 11) is 4.01. The average Bonchev–Trinajstić information content (AvgIpc) is 3.05. The van der Waals surface area contributed by atoms with Crippen LogP contribution in [-0.2, 0) is 24.9 Å². The molecule has 0 bridgehead atoms. The SMILES string of the molecule is Cc1cc(CN(Cc2ccc(OCC(C)C)cc2)C(=O)OC2CCN(C)CC2)nn1C. The van der Waals surface area contributed by atoms with Crippen molar-refractivity contribution in [1.29, 1.82) is 0 Å². The Kier molecular flexibility index (Phi) is 7.96. The van der Waals surface area contributed by atoms with E-state index in [1.54, 1.807) is 4.90 Å². The van der Waals surface area contributed by atoms with Gasteiger partial charge in [-0.1, -0.05) is 26.0 Å². The molecule has 170 valence electrons. The number of carbonyl (C=O) groups is 1. The Morgan fingerprint density at radius 3 is 2.42 bits per heavy atom. The highest BCUT2D eigenvalue weighted by Crippen LogP contribution is 2.19. The van der Waals surface area contributed by atoms with Crippen molar-refractivity contribution < 1.29 is 14.3 Å². The van der Waals surface area contributed by atoms with E-state index in [0.717, 1.165) is 48.6 Å². The number of ether oxygens (including phenoxy) is 2. The van der Waals surface area contributed by atoms with Gasteiger partial charge in [-0.25, -0.2) is 4.79 Å². The smallest absolute Gasteiger partial charge is 0.410 e. The van der Waals surface area contributed by atoms with Crippen LogP contribution >= 0.6 is 0 Å². The van der Waals surface area contributed by atoms with Crippen LogP contribution in [-0.4, -0.2) is 58.5 Å². The zero-order valence-electron chi connectivity index (χ0n) is 19.5. The molecule has 1 aliphatic heterocycles. The molecular formula is C24H36N4O3. The van der Waals surface area contributed by atoms with Gasteiger partial charge in [-0.05, 0) is 56.5 Å². The summed E-state index contributed by atoms with van der Waals surface area (Å²) in [5, 5.41) is 4.53. The molecule has 0 atom stereocenters. The van der Waals surface area contributed by atoms with Crippen LogP contribution in [0.2, 0.25) is 0 Å². The third-order valence-electron chi connectivity index (χ3n) is 5.59. The predicted octanol–water partition coefficient (Wildman–Crippen LogP) is 4.00. The van der Waals surface area contributed by atoms with Crippen molar-refractivity contribution in [1.82, 2.24) is 19.6 Å². The fraction of sp³-hybridized carbons (Fsp3) is 0.583. The summed E-state index contributed by atoms with van der Waals surface area (Å²) in [5.74, 6) is 1.32. The Bertz CT molecular complexity index is 820. The van der Waals surface area contributed by atoms with Gasteiger partial charge in [0.05, 0.1) is 18.8 Å². The molecule has 1 amide bonds. The number of hydrogen-bond donors (Lipinski definition) is 0. The Labute approximate surface area is 185 Å². The lowest BCUT2D eigenvalue weighted by atomic mass is 10.1. The van der Waals surface area contributed by atoms with E-state index < -0.39 is 0 Å². The first-order valence-corrected chi connectivity index (χ1v) is 11.2. The maximum Gasteiger partial charge on any atom is 0.410 e. The van der Waals surface area contributed by atoms with Crippen molar-refractivity contribution in [2.75, 3.05) is 26.7 Å². The lowest BCUT2D eigenvalue weighted by Crippen LogP contribution is -2.39. The van der Waals surface area contributed by atoms with Gasteiger partial charge in [0.2, 0.25) is 0 Å². The van der Waals surface area contributed by atoms with Crippen LogP contribution in [0.25, 0.3) is 0 Å². The number of benzene rings is 1. The highest BCUT2D eigenvalue weighted by Gasteiger charge is 2.24. The second kappa shape index (κ2) is 10.7. The van der Waals surface area contributed by atoms with Gasteiger partial charge in [-0.15, -0.1) is 0 Å². The van der Waals surface area contributed by atoms with Crippen LogP contribution in [0.4, 0.5) is 4.79 Å².